The molecule has 0 unspecified atom stereocenters. The van der Waals surface area contributed by atoms with Gasteiger partial charge in [0.2, 0.25) is 16.0 Å². The van der Waals surface area contributed by atoms with E-state index in [9.17, 15) is 13.2 Å². The van der Waals surface area contributed by atoms with E-state index in [0.717, 1.165) is 51.6 Å². The molecule has 1 aromatic heterocycles. The highest BCUT2D eigenvalue weighted by molar-refractivity contribution is 7.88. The van der Waals surface area contributed by atoms with Gasteiger partial charge in [-0.1, -0.05) is 36.0 Å². The van der Waals surface area contributed by atoms with E-state index in [1.54, 1.807) is 19.2 Å². The number of hydrogen-bond acceptors (Lipinski definition) is 9. The number of aromatic nitrogens is 2. The predicted octanol–water partition coefficient (Wildman–Crippen LogP) is 3.97. The number of halogens is 2. The van der Waals surface area contributed by atoms with Gasteiger partial charge in [0.1, 0.15) is 10.8 Å². The molecule has 2 fully saturated rings. The fraction of sp³-hybridized carbons (Fsp3) is 0.577. The second-order valence-electron chi connectivity index (χ2n) is 10.5. The largest absolute Gasteiger partial charge is 0.495 e. The number of rotatable bonds is 9. The molecule has 11 nitrogen and oxygen atoms in total. The van der Waals surface area contributed by atoms with Gasteiger partial charge in [0.05, 0.1) is 35.8 Å². The summed E-state index contributed by atoms with van der Waals surface area (Å²) in [5.41, 5.74) is 0.796. The number of likely N-dealkylation sites (N-methyl/N-ethyl adjacent to an activating group) is 1. The lowest BCUT2D eigenvalue weighted by Crippen LogP contribution is -2.49. The van der Waals surface area contributed by atoms with Crippen molar-refractivity contribution in [3.8, 4) is 5.75 Å². The SMILES string of the molecule is COc1cc(C(=O)NC2CCN(C)CC2)c(Cl)cc1Nc1ncc(Cl)c(N[C@@H]2CCCC[C@H]2N(C)S(C)(=O)=O)n1. The van der Waals surface area contributed by atoms with Crippen LogP contribution in [-0.2, 0) is 10.0 Å². The van der Waals surface area contributed by atoms with Gasteiger partial charge in [0, 0.05) is 25.2 Å². The molecule has 1 saturated heterocycles. The maximum Gasteiger partial charge on any atom is 0.253 e. The van der Waals surface area contributed by atoms with Gasteiger partial charge in [-0.3, -0.25) is 4.79 Å². The first-order valence-corrected chi connectivity index (χ1v) is 15.9. The zero-order valence-corrected chi connectivity index (χ0v) is 25.5. The molecular weight excluding hydrogens is 577 g/mol. The number of benzene rings is 1. The highest BCUT2D eigenvalue weighted by Gasteiger charge is 2.33. The standard InChI is InChI=1S/C26H37Cl2N7O4S/c1-34-11-9-16(10-12-34)30-25(36)17-13-23(39-3)21(14-18(17)27)32-26-29-15-19(28)24(33-26)31-20-7-5-6-8-22(20)35(2)40(4,37)38/h13-16,20,22H,5-12H2,1-4H3,(H,30,36)(H2,29,31,32,33)/t20-,22-/m1/s1. The molecule has 2 aromatic rings. The molecule has 1 amide bonds. The monoisotopic (exact) mass is 613 g/mol. The van der Waals surface area contributed by atoms with Crippen molar-refractivity contribution in [1.29, 1.82) is 0 Å². The quantitative estimate of drug-likeness (QED) is 0.384. The van der Waals surface area contributed by atoms with E-state index in [1.165, 1.54) is 23.9 Å². The van der Waals surface area contributed by atoms with Crippen molar-refractivity contribution in [2.75, 3.05) is 51.2 Å². The number of sulfonamides is 1. The van der Waals surface area contributed by atoms with E-state index in [0.29, 0.717) is 27.8 Å². The number of likely N-dealkylation sites (tertiary alicyclic amines) is 1. The Hall–Kier alpha value is -2.38. The minimum Gasteiger partial charge on any atom is -0.495 e. The summed E-state index contributed by atoms with van der Waals surface area (Å²) >= 11 is 13.0. The van der Waals surface area contributed by atoms with Gasteiger partial charge >= 0.3 is 0 Å². The number of anilines is 3. The molecule has 3 N–H and O–H groups in total. The van der Waals surface area contributed by atoms with Crippen molar-refractivity contribution in [3.63, 3.8) is 0 Å². The molecule has 2 atom stereocenters. The topological polar surface area (TPSA) is 129 Å². The number of methoxy groups -OCH3 is 1. The zero-order chi connectivity index (χ0) is 29.0. The third kappa shape index (κ3) is 7.47. The smallest absolute Gasteiger partial charge is 0.253 e. The van der Waals surface area contributed by atoms with Crippen molar-refractivity contribution in [3.05, 3.63) is 33.9 Å². The Morgan fingerprint density at radius 3 is 2.50 bits per heavy atom. The number of piperidine rings is 1. The molecule has 2 heterocycles. The third-order valence-electron chi connectivity index (χ3n) is 7.62. The molecular formula is C26H37Cl2N7O4S. The van der Waals surface area contributed by atoms with Crippen LogP contribution in [-0.4, -0.2) is 92.2 Å². The fourth-order valence-electron chi connectivity index (χ4n) is 5.20. The van der Waals surface area contributed by atoms with Crippen LogP contribution in [0.15, 0.2) is 18.3 Å². The molecule has 40 heavy (non-hydrogen) atoms. The second kappa shape index (κ2) is 13.1. The summed E-state index contributed by atoms with van der Waals surface area (Å²) in [6.07, 6.45) is 7.86. The van der Waals surface area contributed by atoms with E-state index < -0.39 is 10.0 Å². The predicted molar refractivity (Wildman–Crippen MR) is 159 cm³/mol. The molecule has 4 rings (SSSR count). The van der Waals surface area contributed by atoms with Gasteiger partial charge in [-0.25, -0.2) is 17.7 Å². The number of carbonyl (C=O) groups is 1. The average Bonchev–Trinajstić information content (AvgIpc) is 2.91. The van der Waals surface area contributed by atoms with Crippen molar-refractivity contribution in [1.82, 2.24) is 24.5 Å². The van der Waals surface area contributed by atoms with Crippen LogP contribution in [0, 0.1) is 0 Å². The van der Waals surface area contributed by atoms with Gasteiger partial charge in [-0.05, 0) is 58.0 Å². The Morgan fingerprint density at radius 2 is 1.82 bits per heavy atom. The van der Waals surface area contributed by atoms with Gasteiger partial charge in [0.15, 0.2) is 5.82 Å². The Morgan fingerprint density at radius 1 is 1.12 bits per heavy atom. The van der Waals surface area contributed by atoms with Crippen molar-refractivity contribution in [2.24, 2.45) is 0 Å². The van der Waals surface area contributed by atoms with Crippen LogP contribution in [0.4, 0.5) is 17.5 Å². The first-order valence-electron chi connectivity index (χ1n) is 13.3. The van der Waals surface area contributed by atoms with E-state index in [2.05, 4.69) is 37.9 Å². The lowest BCUT2D eigenvalue weighted by molar-refractivity contribution is 0.0916. The molecule has 1 saturated carbocycles. The summed E-state index contributed by atoms with van der Waals surface area (Å²) in [7, 11) is 1.81. The van der Waals surface area contributed by atoms with Gasteiger partial charge in [0.25, 0.3) is 5.91 Å². The Bertz CT molecular complexity index is 1320. The lowest BCUT2D eigenvalue weighted by atomic mass is 9.90. The molecule has 1 aliphatic carbocycles. The Labute approximate surface area is 246 Å². The van der Waals surface area contributed by atoms with Crippen LogP contribution < -0.4 is 20.7 Å². The third-order valence-corrected chi connectivity index (χ3v) is 9.53. The fourth-order valence-corrected chi connectivity index (χ4v) is 6.33. The van der Waals surface area contributed by atoms with Crippen LogP contribution >= 0.6 is 23.2 Å². The van der Waals surface area contributed by atoms with E-state index in [1.807, 2.05) is 0 Å². The molecule has 1 aliphatic heterocycles. The van der Waals surface area contributed by atoms with Crippen LogP contribution in [0.3, 0.4) is 0 Å². The average molecular weight is 615 g/mol. The molecule has 14 heteroatoms. The summed E-state index contributed by atoms with van der Waals surface area (Å²) in [6.45, 7) is 1.86. The second-order valence-corrected chi connectivity index (χ2v) is 13.3. The first-order chi connectivity index (χ1) is 19.0. The molecule has 0 bridgehead atoms. The normalized spacial score (nSPS) is 20.8. The van der Waals surface area contributed by atoms with Crippen molar-refractivity contribution in [2.45, 2.75) is 56.7 Å². The van der Waals surface area contributed by atoms with E-state index in [-0.39, 0.29) is 35.0 Å². The van der Waals surface area contributed by atoms with Gasteiger partial charge in [-0.15, -0.1) is 0 Å². The number of hydrogen-bond donors (Lipinski definition) is 3. The minimum absolute atomic E-state index is 0.0953. The summed E-state index contributed by atoms with van der Waals surface area (Å²) in [6, 6.07) is 2.90. The molecule has 0 spiro atoms. The van der Waals surface area contributed by atoms with Crippen LogP contribution in [0.2, 0.25) is 10.0 Å². The Balaban J connectivity index is 1.51. The first kappa shape index (κ1) is 30.6. The number of ether oxygens (including phenoxy) is 1. The van der Waals surface area contributed by atoms with Crippen LogP contribution in [0.25, 0.3) is 0 Å². The van der Waals surface area contributed by atoms with Crippen LogP contribution in [0.5, 0.6) is 5.75 Å². The van der Waals surface area contributed by atoms with E-state index in [4.69, 9.17) is 27.9 Å². The van der Waals surface area contributed by atoms with Crippen LogP contribution in [0.1, 0.15) is 48.9 Å². The summed E-state index contributed by atoms with van der Waals surface area (Å²) in [5, 5.41) is 10.1. The summed E-state index contributed by atoms with van der Waals surface area (Å²) in [5.74, 6) is 0.763. The van der Waals surface area contributed by atoms with E-state index >= 15 is 0 Å². The number of nitrogens with zero attached hydrogens (tertiary/aromatic N) is 4. The molecule has 0 radical (unpaired) electrons. The summed E-state index contributed by atoms with van der Waals surface area (Å²) < 4.78 is 31.4. The van der Waals surface area contributed by atoms with Crippen molar-refractivity contribution < 1.29 is 17.9 Å². The lowest BCUT2D eigenvalue weighted by Gasteiger charge is -2.37. The zero-order valence-electron chi connectivity index (χ0n) is 23.2. The van der Waals surface area contributed by atoms with Gasteiger partial charge < -0.3 is 25.6 Å². The highest BCUT2D eigenvalue weighted by atomic mass is 35.5. The Kier molecular flexibility index (Phi) is 9.99. The molecule has 220 valence electrons. The maximum atomic E-state index is 13.0. The number of amides is 1. The minimum atomic E-state index is -3.36. The summed E-state index contributed by atoms with van der Waals surface area (Å²) in [4.78, 5) is 24.1. The van der Waals surface area contributed by atoms with Crippen molar-refractivity contribution >= 4 is 56.6 Å². The molecule has 1 aromatic carbocycles. The molecule has 2 aliphatic rings. The number of carbonyl (C=O) groups excluding carboxylic acids is 1. The van der Waals surface area contributed by atoms with Gasteiger partial charge in [-0.2, -0.15) is 4.98 Å². The maximum absolute atomic E-state index is 13.0. The highest BCUT2D eigenvalue weighted by Crippen LogP contribution is 2.34. The number of nitrogens with one attached hydrogen (secondary N) is 3.